The maximum atomic E-state index is 13.6. The van der Waals surface area contributed by atoms with Gasteiger partial charge in [0.05, 0.1) is 11.1 Å². The summed E-state index contributed by atoms with van der Waals surface area (Å²) in [5, 5.41) is 11.1. The summed E-state index contributed by atoms with van der Waals surface area (Å²) < 4.78 is 26.5. The zero-order valence-corrected chi connectivity index (χ0v) is 12.8. The highest BCUT2D eigenvalue weighted by Crippen LogP contribution is 2.11. The van der Waals surface area contributed by atoms with E-state index in [0.29, 0.717) is 11.6 Å². The molecule has 0 fully saturated rings. The number of carboxylic acids is 1. The van der Waals surface area contributed by atoms with E-state index in [4.69, 9.17) is 10.8 Å². The van der Waals surface area contributed by atoms with Gasteiger partial charge < -0.3 is 16.2 Å². The summed E-state index contributed by atoms with van der Waals surface area (Å²) in [6.07, 6.45) is -0.0101. The van der Waals surface area contributed by atoms with Crippen molar-refractivity contribution in [1.82, 2.24) is 5.32 Å². The van der Waals surface area contributed by atoms with Gasteiger partial charge in [0.1, 0.15) is 17.7 Å². The predicted octanol–water partition coefficient (Wildman–Crippen LogP) is 1.49. The number of aromatic carboxylic acids is 1. The lowest BCUT2D eigenvalue weighted by atomic mass is 10.0. The summed E-state index contributed by atoms with van der Waals surface area (Å²) in [6.45, 7) is 0. The molecule has 0 bridgehead atoms. The number of carbonyl (C=O) groups is 3. The first-order chi connectivity index (χ1) is 11.8. The molecule has 0 radical (unpaired) electrons. The van der Waals surface area contributed by atoms with Gasteiger partial charge in [-0.2, -0.15) is 0 Å². The van der Waals surface area contributed by atoms with Crippen LogP contribution in [0.3, 0.4) is 0 Å². The van der Waals surface area contributed by atoms with Crippen molar-refractivity contribution < 1.29 is 28.3 Å². The van der Waals surface area contributed by atoms with Crippen LogP contribution in [0.5, 0.6) is 0 Å². The summed E-state index contributed by atoms with van der Waals surface area (Å²) in [5.74, 6) is -4.76. The van der Waals surface area contributed by atoms with Gasteiger partial charge in [-0.25, -0.2) is 13.6 Å². The van der Waals surface area contributed by atoms with Crippen LogP contribution in [-0.4, -0.2) is 28.9 Å². The highest BCUT2D eigenvalue weighted by molar-refractivity contribution is 5.97. The average molecular weight is 348 g/mol. The van der Waals surface area contributed by atoms with Gasteiger partial charge in [0, 0.05) is 12.5 Å². The lowest BCUT2D eigenvalue weighted by molar-refractivity contribution is -0.119. The highest BCUT2D eigenvalue weighted by Gasteiger charge is 2.21. The van der Waals surface area contributed by atoms with Crippen molar-refractivity contribution in [3.63, 3.8) is 0 Å². The molecule has 6 nitrogen and oxygen atoms in total. The number of carbonyl (C=O) groups excluding carboxylic acids is 2. The largest absolute Gasteiger partial charge is 0.478 e. The summed E-state index contributed by atoms with van der Waals surface area (Å²) in [7, 11) is 0. The molecule has 25 heavy (non-hydrogen) atoms. The molecule has 0 heterocycles. The van der Waals surface area contributed by atoms with Gasteiger partial charge in [-0.1, -0.05) is 12.1 Å². The normalized spacial score (nSPS) is 11.6. The summed E-state index contributed by atoms with van der Waals surface area (Å²) in [6, 6.07) is 6.93. The van der Waals surface area contributed by atoms with Crippen LogP contribution in [0.2, 0.25) is 0 Å². The first kappa shape index (κ1) is 18.1. The van der Waals surface area contributed by atoms with Gasteiger partial charge in [0.2, 0.25) is 5.91 Å². The number of nitrogens with two attached hydrogens (primary N) is 1. The molecule has 0 saturated heterocycles. The standard InChI is InChI=1S/C17H14F2N2O4/c18-11-5-6-12(13(19)8-11)16(23)21-14(15(20)22)7-9-1-3-10(4-2-9)17(24)25/h1-6,8,14H,7H2,(H2,20,22)(H,21,23)(H,24,25)/t14-/m1/s1. The van der Waals surface area contributed by atoms with Crippen molar-refractivity contribution in [2.45, 2.75) is 12.5 Å². The monoisotopic (exact) mass is 348 g/mol. The molecular formula is C17H14F2N2O4. The summed E-state index contributed by atoms with van der Waals surface area (Å²) in [4.78, 5) is 34.4. The Morgan fingerprint density at radius 3 is 2.24 bits per heavy atom. The number of carboxylic acid groups (broad SMARTS) is 1. The quantitative estimate of drug-likeness (QED) is 0.735. The van der Waals surface area contributed by atoms with Gasteiger partial charge >= 0.3 is 5.97 Å². The molecule has 1 atom stereocenters. The van der Waals surface area contributed by atoms with Crippen LogP contribution >= 0.6 is 0 Å². The third kappa shape index (κ3) is 4.60. The SMILES string of the molecule is NC(=O)[C@@H](Cc1ccc(C(=O)O)cc1)NC(=O)c1ccc(F)cc1F. The van der Waals surface area contributed by atoms with Gasteiger partial charge in [-0.15, -0.1) is 0 Å². The van der Waals surface area contributed by atoms with Gasteiger partial charge in [0.15, 0.2) is 0 Å². The Morgan fingerprint density at radius 1 is 1.08 bits per heavy atom. The molecule has 0 aliphatic rings. The first-order valence-electron chi connectivity index (χ1n) is 7.15. The summed E-state index contributed by atoms with van der Waals surface area (Å²) >= 11 is 0. The third-order valence-corrected chi connectivity index (χ3v) is 3.47. The second kappa shape index (κ2) is 7.52. The Morgan fingerprint density at radius 2 is 1.72 bits per heavy atom. The molecule has 2 aromatic carbocycles. The van der Waals surface area contributed by atoms with Crippen LogP contribution in [0.15, 0.2) is 42.5 Å². The number of rotatable bonds is 6. The van der Waals surface area contributed by atoms with E-state index < -0.39 is 41.0 Å². The summed E-state index contributed by atoms with van der Waals surface area (Å²) in [5.41, 5.74) is 5.44. The number of benzene rings is 2. The fraction of sp³-hybridized carbons (Fsp3) is 0.118. The molecular weight excluding hydrogens is 334 g/mol. The van der Waals surface area contributed by atoms with Crippen LogP contribution in [0.1, 0.15) is 26.3 Å². The maximum Gasteiger partial charge on any atom is 0.335 e. The van der Waals surface area contributed by atoms with Crippen molar-refractivity contribution in [3.05, 3.63) is 70.8 Å². The molecule has 2 amide bonds. The van der Waals surface area contributed by atoms with E-state index in [2.05, 4.69) is 5.32 Å². The molecule has 4 N–H and O–H groups in total. The van der Waals surface area contributed by atoms with Crippen molar-refractivity contribution in [2.24, 2.45) is 5.73 Å². The van der Waals surface area contributed by atoms with E-state index >= 15 is 0 Å². The lowest BCUT2D eigenvalue weighted by Gasteiger charge is -2.16. The predicted molar refractivity (Wildman–Crippen MR) is 83.9 cm³/mol. The zero-order valence-electron chi connectivity index (χ0n) is 12.8. The van der Waals surface area contributed by atoms with E-state index in [0.717, 1.165) is 12.1 Å². The van der Waals surface area contributed by atoms with Crippen molar-refractivity contribution in [2.75, 3.05) is 0 Å². The van der Waals surface area contributed by atoms with Crippen LogP contribution in [0, 0.1) is 11.6 Å². The molecule has 2 rings (SSSR count). The molecule has 0 aromatic heterocycles. The molecule has 130 valence electrons. The van der Waals surface area contributed by atoms with Crippen LogP contribution < -0.4 is 11.1 Å². The number of primary amides is 1. The van der Waals surface area contributed by atoms with Crippen LogP contribution in [0.25, 0.3) is 0 Å². The Kier molecular flexibility index (Phi) is 5.43. The van der Waals surface area contributed by atoms with Crippen molar-refractivity contribution in [1.29, 1.82) is 0 Å². The number of nitrogens with one attached hydrogen (secondary N) is 1. The number of amides is 2. The van der Waals surface area contributed by atoms with Crippen LogP contribution in [-0.2, 0) is 11.2 Å². The average Bonchev–Trinajstić information content (AvgIpc) is 2.54. The fourth-order valence-corrected chi connectivity index (χ4v) is 2.15. The van der Waals surface area contributed by atoms with Crippen molar-refractivity contribution in [3.8, 4) is 0 Å². The topological polar surface area (TPSA) is 109 Å². The number of halogens is 2. The minimum atomic E-state index is -1.15. The van der Waals surface area contributed by atoms with E-state index in [1.165, 1.54) is 24.3 Å². The van der Waals surface area contributed by atoms with Gasteiger partial charge in [0.25, 0.3) is 5.91 Å². The second-order valence-corrected chi connectivity index (χ2v) is 5.26. The van der Waals surface area contributed by atoms with Gasteiger partial charge in [-0.3, -0.25) is 9.59 Å². The molecule has 0 aliphatic heterocycles. The molecule has 0 saturated carbocycles. The Hall–Kier alpha value is -3.29. The molecule has 0 unspecified atom stereocenters. The minimum Gasteiger partial charge on any atom is -0.478 e. The van der Waals surface area contributed by atoms with E-state index in [1.54, 1.807) is 0 Å². The molecule has 0 aliphatic carbocycles. The molecule has 2 aromatic rings. The maximum absolute atomic E-state index is 13.6. The third-order valence-electron chi connectivity index (χ3n) is 3.47. The Labute approximate surface area is 141 Å². The van der Waals surface area contributed by atoms with E-state index in [-0.39, 0.29) is 12.0 Å². The minimum absolute atomic E-state index is 0.0101. The zero-order chi connectivity index (χ0) is 18.6. The molecule has 0 spiro atoms. The number of hydrogen-bond donors (Lipinski definition) is 3. The smallest absolute Gasteiger partial charge is 0.335 e. The van der Waals surface area contributed by atoms with Crippen molar-refractivity contribution >= 4 is 17.8 Å². The Balaban J connectivity index is 2.14. The molecule has 8 heteroatoms. The lowest BCUT2D eigenvalue weighted by Crippen LogP contribution is -2.46. The first-order valence-corrected chi connectivity index (χ1v) is 7.15. The fourth-order valence-electron chi connectivity index (χ4n) is 2.15. The van der Waals surface area contributed by atoms with Gasteiger partial charge in [-0.05, 0) is 29.8 Å². The van der Waals surface area contributed by atoms with E-state index in [1.807, 2.05) is 0 Å². The van der Waals surface area contributed by atoms with Crippen LogP contribution in [0.4, 0.5) is 8.78 Å². The van der Waals surface area contributed by atoms with E-state index in [9.17, 15) is 23.2 Å². The number of hydrogen-bond acceptors (Lipinski definition) is 3. The second-order valence-electron chi connectivity index (χ2n) is 5.26. The Bertz CT molecular complexity index is 822. The highest BCUT2D eigenvalue weighted by atomic mass is 19.1.